The number of nitrogen functional groups attached to an aromatic ring is 1. The van der Waals surface area contributed by atoms with E-state index in [2.05, 4.69) is 10.1 Å². The summed E-state index contributed by atoms with van der Waals surface area (Å²) in [6, 6.07) is 7.78. The average molecular weight is 560 g/mol. The van der Waals surface area contributed by atoms with Gasteiger partial charge in [-0.25, -0.2) is 9.36 Å². The van der Waals surface area contributed by atoms with E-state index >= 15 is 0 Å². The quantitative estimate of drug-likeness (QED) is 0.273. The van der Waals surface area contributed by atoms with E-state index in [9.17, 15) is 28.0 Å². The minimum absolute atomic E-state index is 0.0960. The van der Waals surface area contributed by atoms with Crippen LogP contribution in [0.3, 0.4) is 0 Å². The van der Waals surface area contributed by atoms with Crippen molar-refractivity contribution in [3.63, 3.8) is 0 Å². The lowest BCUT2D eigenvalue weighted by molar-refractivity contribution is -0.150. The molecule has 2 aromatic rings. The molecule has 1 fully saturated rings. The standard InChI is InChI=1S/C23H31F2N4O8P/c1-13(2)18(20(31)35-14(3)4)28-38(33,37-15-8-6-5-7-9-15)34-12-16-19(30)23(24,25)21(36-16)29-11-10-17(26)27-22(29)32/h5-11,13-14,16,18-19,21,30H,12H2,1-4H3,(H,28,33)(H2,26,27,32)/t16-,18+,19-,21-,38?/m1/s1. The first-order chi connectivity index (χ1) is 17.7. The van der Waals surface area contributed by atoms with Crippen molar-refractivity contribution in [3.8, 4) is 5.75 Å². The first kappa shape index (κ1) is 29.7. The zero-order chi connectivity index (χ0) is 28.3. The van der Waals surface area contributed by atoms with Crippen LogP contribution < -0.4 is 21.0 Å². The van der Waals surface area contributed by atoms with Gasteiger partial charge in [-0.05, 0) is 38.0 Å². The first-order valence-electron chi connectivity index (χ1n) is 11.8. The number of hydrogen-bond donors (Lipinski definition) is 3. The Labute approximate surface area is 217 Å². The summed E-state index contributed by atoms with van der Waals surface area (Å²) < 4.78 is 65.5. The molecule has 0 bridgehead atoms. The van der Waals surface area contributed by atoms with Crippen molar-refractivity contribution in [1.82, 2.24) is 14.6 Å². The zero-order valence-corrected chi connectivity index (χ0v) is 22.1. The monoisotopic (exact) mass is 560 g/mol. The fraction of sp³-hybridized carbons (Fsp3) is 0.522. The van der Waals surface area contributed by atoms with Crippen LogP contribution in [0.2, 0.25) is 0 Å². The molecular formula is C23H31F2N4O8P. The molecule has 15 heteroatoms. The summed E-state index contributed by atoms with van der Waals surface area (Å²) in [4.78, 5) is 28.1. The number of esters is 1. The lowest BCUT2D eigenvalue weighted by Crippen LogP contribution is -2.43. The Bertz CT molecular complexity index is 1210. The van der Waals surface area contributed by atoms with Gasteiger partial charge in [0.2, 0.25) is 6.23 Å². The highest BCUT2D eigenvalue weighted by atomic mass is 31.2. The van der Waals surface area contributed by atoms with Gasteiger partial charge in [-0.3, -0.25) is 13.9 Å². The molecule has 1 aliphatic rings. The maximum Gasteiger partial charge on any atom is 0.459 e. The number of hydrogen-bond acceptors (Lipinski definition) is 10. The van der Waals surface area contributed by atoms with E-state index in [4.69, 9.17) is 24.3 Å². The molecule has 0 saturated carbocycles. The third kappa shape index (κ3) is 6.94. The van der Waals surface area contributed by atoms with E-state index < -0.39 is 68.4 Å². The number of rotatable bonds is 11. The Kier molecular flexibility index (Phi) is 9.26. The predicted molar refractivity (Wildman–Crippen MR) is 131 cm³/mol. The number of carbonyl (C=O) groups is 1. The van der Waals surface area contributed by atoms with Crippen molar-refractivity contribution < 1.29 is 41.8 Å². The van der Waals surface area contributed by atoms with Crippen LogP contribution in [0, 0.1) is 5.92 Å². The molecule has 0 spiro atoms. The lowest BCUT2D eigenvalue weighted by Gasteiger charge is -2.28. The molecule has 1 saturated heterocycles. The molecule has 38 heavy (non-hydrogen) atoms. The number of benzene rings is 1. The largest absolute Gasteiger partial charge is 0.462 e. The second kappa shape index (κ2) is 11.9. The number of nitrogens with two attached hydrogens (primary N) is 1. The van der Waals surface area contributed by atoms with E-state index in [0.717, 1.165) is 12.3 Å². The second-order valence-corrected chi connectivity index (χ2v) is 10.9. The van der Waals surface area contributed by atoms with E-state index in [1.807, 2.05) is 0 Å². The third-order valence-corrected chi connectivity index (χ3v) is 6.97. The third-order valence-electron chi connectivity index (χ3n) is 5.43. The van der Waals surface area contributed by atoms with Crippen molar-refractivity contribution in [2.24, 2.45) is 5.92 Å². The minimum Gasteiger partial charge on any atom is -0.462 e. The predicted octanol–water partition coefficient (Wildman–Crippen LogP) is 2.49. The summed E-state index contributed by atoms with van der Waals surface area (Å²) in [7, 11) is -4.46. The van der Waals surface area contributed by atoms with Gasteiger partial charge >= 0.3 is 25.3 Å². The van der Waals surface area contributed by atoms with Gasteiger partial charge in [0.25, 0.3) is 0 Å². The van der Waals surface area contributed by atoms with E-state index in [0.29, 0.717) is 4.57 Å². The van der Waals surface area contributed by atoms with Gasteiger partial charge in [0.15, 0.2) is 6.10 Å². The normalized spacial score (nSPS) is 23.2. The highest BCUT2D eigenvalue weighted by molar-refractivity contribution is 7.52. The summed E-state index contributed by atoms with van der Waals surface area (Å²) in [5.41, 5.74) is 4.29. The second-order valence-electron chi connectivity index (χ2n) is 9.22. The summed E-state index contributed by atoms with van der Waals surface area (Å²) in [6.45, 7) is 5.76. The van der Waals surface area contributed by atoms with Crippen LogP contribution >= 0.6 is 7.75 Å². The molecule has 1 aromatic carbocycles. The summed E-state index contributed by atoms with van der Waals surface area (Å²) in [6.07, 6.45) is -5.94. The minimum atomic E-state index is -4.46. The molecule has 0 radical (unpaired) electrons. The molecular weight excluding hydrogens is 529 g/mol. The van der Waals surface area contributed by atoms with Crippen molar-refractivity contribution >= 4 is 19.5 Å². The average Bonchev–Trinajstić information content (AvgIpc) is 3.05. The molecule has 0 aliphatic carbocycles. The number of aromatic nitrogens is 2. The van der Waals surface area contributed by atoms with Gasteiger partial charge in [0.05, 0.1) is 12.7 Å². The molecule has 1 unspecified atom stereocenters. The Balaban J connectivity index is 1.85. The number of anilines is 1. The Hall–Kier alpha value is -2.90. The number of aliphatic hydroxyl groups is 1. The van der Waals surface area contributed by atoms with Gasteiger partial charge < -0.3 is 24.8 Å². The Morgan fingerprint density at radius 1 is 1.26 bits per heavy atom. The Morgan fingerprint density at radius 3 is 2.50 bits per heavy atom. The Morgan fingerprint density at radius 2 is 1.92 bits per heavy atom. The lowest BCUT2D eigenvalue weighted by atomic mass is 10.1. The maximum absolute atomic E-state index is 14.9. The van der Waals surface area contributed by atoms with E-state index in [1.54, 1.807) is 45.9 Å². The van der Waals surface area contributed by atoms with Crippen LogP contribution in [-0.4, -0.2) is 57.5 Å². The molecule has 1 aromatic heterocycles. The maximum atomic E-state index is 14.9. The summed E-state index contributed by atoms with van der Waals surface area (Å²) in [5, 5.41) is 12.8. The van der Waals surface area contributed by atoms with Gasteiger partial charge in [-0.1, -0.05) is 32.0 Å². The smallest absolute Gasteiger partial charge is 0.459 e. The topological polar surface area (TPSA) is 164 Å². The van der Waals surface area contributed by atoms with Crippen LogP contribution in [0.15, 0.2) is 47.4 Å². The number of ether oxygens (including phenoxy) is 2. The zero-order valence-electron chi connectivity index (χ0n) is 21.2. The van der Waals surface area contributed by atoms with Crippen LogP contribution in [0.25, 0.3) is 0 Å². The number of nitrogens with zero attached hydrogens (tertiary/aromatic N) is 2. The van der Waals surface area contributed by atoms with Crippen LogP contribution in [0.4, 0.5) is 14.6 Å². The van der Waals surface area contributed by atoms with Gasteiger partial charge in [0, 0.05) is 6.20 Å². The number of alkyl halides is 2. The molecule has 12 nitrogen and oxygen atoms in total. The van der Waals surface area contributed by atoms with Gasteiger partial charge in [-0.15, -0.1) is 0 Å². The molecule has 4 N–H and O–H groups in total. The summed E-state index contributed by atoms with van der Waals surface area (Å²) in [5.74, 6) is -5.21. The molecule has 5 atom stereocenters. The van der Waals surface area contributed by atoms with Crippen molar-refractivity contribution in [3.05, 3.63) is 53.1 Å². The van der Waals surface area contributed by atoms with Crippen LogP contribution in [-0.2, 0) is 23.4 Å². The number of para-hydroxylation sites is 1. The molecule has 0 amide bonds. The fourth-order valence-electron chi connectivity index (χ4n) is 3.54. The molecule has 2 heterocycles. The molecule has 1 aliphatic heterocycles. The van der Waals surface area contributed by atoms with Crippen LogP contribution in [0.5, 0.6) is 5.75 Å². The SMILES string of the molecule is CC(C)OC(=O)[C@@H](NP(=O)(OC[C@H]1O[C@@H](n2ccc(N)nc2=O)C(F)(F)[C@@H]1O)Oc1ccccc1)C(C)C. The number of carbonyl (C=O) groups excluding carboxylic acids is 1. The van der Waals surface area contributed by atoms with Crippen molar-refractivity contribution in [2.75, 3.05) is 12.3 Å². The molecule has 210 valence electrons. The van der Waals surface area contributed by atoms with E-state index in [-0.39, 0.29) is 11.6 Å². The number of aliphatic hydroxyl groups excluding tert-OH is 1. The summed E-state index contributed by atoms with van der Waals surface area (Å²) >= 11 is 0. The highest BCUT2D eigenvalue weighted by Gasteiger charge is 2.60. The molecule has 3 rings (SSSR count). The van der Waals surface area contributed by atoms with Crippen molar-refractivity contribution in [2.45, 2.75) is 64.2 Å². The van der Waals surface area contributed by atoms with Crippen LogP contribution in [0.1, 0.15) is 33.9 Å². The fourth-order valence-corrected chi connectivity index (χ4v) is 5.21. The first-order valence-corrected chi connectivity index (χ1v) is 13.3. The van der Waals surface area contributed by atoms with Gasteiger partial charge in [-0.2, -0.15) is 18.9 Å². The van der Waals surface area contributed by atoms with E-state index in [1.165, 1.54) is 12.1 Å². The van der Waals surface area contributed by atoms with Crippen molar-refractivity contribution in [1.29, 1.82) is 0 Å². The van der Waals surface area contributed by atoms with Gasteiger partial charge in [0.1, 0.15) is 23.7 Å². The number of halogens is 2. The number of nitrogens with one attached hydrogen (secondary N) is 1. The highest BCUT2D eigenvalue weighted by Crippen LogP contribution is 2.48.